The molecule has 3 N–H and O–H groups in total. The second kappa shape index (κ2) is 6.43. The fourth-order valence-corrected chi connectivity index (χ4v) is 1.86. The van der Waals surface area contributed by atoms with E-state index in [-0.39, 0.29) is 28.7 Å². The van der Waals surface area contributed by atoms with Gasteiger partial charge in [0.15, 0.2) is 12.3 Å². The molecule has 1 amide bonds. The van der Waals surface area contributed by atoms with Gasteiger partial charge in [0, 0.05) is 0 Å². The van der Waals surface area contributed by atoms with Gasteiger partial charge < -0.3 is 9.15 Å². The van der Waals surface area contributed by atoms with Gasteiger partial charge in [-0.2, -0.15) is 10.9 Å². The lowest BCUT2D eigenvalue weighted by Crippen LogP contribution is -2.63. The summed E-state index contributed by atoms with van der Waals surface area (Å²) in [5, 5.41) is 14.1. The molecule has 10 nitrogen and oxygen atoms in total. The van der Waals surface area contributed by atoms with E-state index in [1.807, 2.05) is 0 Å². The maximum Gasteiger partial charge on any atom is 0.433 e. The Morgan fingerprint density at radius 2 is 2.24 bits per heavy atom. The zero-order valence-electron chi connectivity index (χ0n) is 11.2. The van der Waals surface area contributed by atoms with Crippen molar-refractivity contribution in [3.63, 3.8) is 0 Å². The van der Waals surface area contributed by atoms with Gasteiger partial charge in [0.25, 0.3) is 5.91 Å². The normalized spacial score (nSPS) is 17.8. The van der Waals surface area contributed by atoms with Crippen LogP contribution in [0.1, 0.15) is 5.76 Å². The molecule has 0 bridgehead atoms. The first-order valence-electron chi connectivity index (χ1n) is 6.27. The number of nitro groups is 1. The minimum Gasteiger partial charge on any atom is -0.400 e. The molecule has 0 unspecified atom stereocenters. The molecule has 1 aliphatic rings. The average molecular weight is 298 g/mol. The summed E-state index contributed by atoms with van der Waals surface area (Å²) in [6.45, 7) is 2.23. The molecule has 1 aliphatic heterocycles. The Kier molecular flexibility index (Phi) is 4.62. The molecular formula is C11H16N5O5+. The summed E-state index contributed by atoms with van der Waals surface area (Å²) in [6.07, 6.45) is 1.19. The molecule has 1 fully saturated rings. The van der Waals surface area contributed by atoms with Crippen LogP contribution in [0.4, 0.5) is 5.88 Å². The van der Waals surface area contributed by atoms with E-state index < -0.39 is 4.92 Å². The minimum absolute atomic E-state index is 0.0823. The number of hydrazone groups is 1. The molecular weight excluding hydrogens is 282 g/mol. The number of carbonyl (C=O) groups excluding carboxylic acids is 1. The average Bonchev–Trinajstić information content (AvgIpc) is 2.88. The molecule has 0 radical (unpaired) electrons. The molecule has 0 spiro atoms. The highest BCUT2D eigenvalue weighted by Gasteiger charge is 2.29. The van der Waals surface area contributed by atoms with Crippen molar-refractivity contribution < 1.29 is 23.5 Å². The molecule has 0 atom stereocenters. The number of hydrogen-bond donors (Lipinski definition) is 2. The van der Waals surface area contributed by atoms with E-state index in [0.717, 1.165) is 0 Å². The third kappa shape index (κ3) is 4.34. The molecule has 1 aromatic heterocycles. The van der Waals surface area contributed by atoms with Crippen LogP contribution in [0.2, 0.25) is 0 Å². The fourth-order valence-electron chi connectivity index (χ4n) is 1.86. The van der Waals surface area contributed by atoms with Gasteiger partial charge in [0.05, 0.1) is 25.5 Å². The van der Waals surface area contributed by atoms with E-state index in [4.69, 9.17) is 15.0 Å². The number of nitrogens with zero attached hydrogens (tertiary/aromatic N) is 3. The van der Waals surface area contributed by atoms with Gasteiger partial charge in [-0.15, -0.1) is 0 Å². The lowest BCUT2D eigenvalue weighted by Gasteiger charge is -2.34. The topological polar surface area (TPSA) is 133 Å². The Labute approximate surface area is 119 Å². The van der Waals surface area contributed by atoms with Gasteiger partial charge >= 0.3 is 5.88 Å². The van der Waals surface area contributed by atoms with Gasteiger partial charge in [-0.05, 0) is 6.07 Å². The predicted molar refractivity (Wildman–Crippen MR) is 71.0 cm³/mol. The summed E-state index contributed by atoms with van der Waals surface area (Å²) in [7, 11) is 0. The number of rotatable bonds is 5. The Bertz CT molecular complexity index is 549. The highest BCUT2D eigenvalue weighted by molar-refractivity contribution is 5.81. The fraction of sp³-hybridized carbons (Fsp3) is 0.455. The second-order valence-corrected chi connectivity index (χ2v) is 4.66. The molecule has 114 valence electrons. The van der Waals surface area contributed by atoms with Crippen molar-refractivity contribution in [2.45, 2.75) is 0 Å². The van der Waals surface area contributed by atoms with Crippen molar-refractivity contribution in [1.82, 2.24) is 5.43 Å². The number of furan rings is 1. The first kappa shape index (κ1) is 15.1. The van der Waals surface area contributed by atoms with Crippen molar-refractivity contribution in [1.29, 1.82) is 0 Å². The molecule has 1 aromatic rings. The Morgan fingerprint density at radius 3 is 2.86 bits per heavy atom. The maximum absolute atomic E-state index is 11.7. The highest BCUT2D eigenvalue weighted by Crippen LogP contribution is 2.13. The van der Waals surface area contributed by atoms with E-state index in [1.54, 1.807) is 0 Å². The Morgan fingerprint density at radius 1 is 1.52 bits per heavy atom. The van der Waals surface area contributed by atoms with Crippen molar-refractivity contribution in [3.8, 4) is 0 Å². The summed E-state index contributed by atoms with van der Waals surface area (Å²) < 4.78 is 10.1. The number of ether oxygens (including phenoxy) is 1. The lowest BCUT2D eigenvalue weighted by molar-refractivity contribution is -0.939. The number of nitrogens with one attached hydrogen (secondary N) is 1. The molecule has 2 heterocycles. The third-order valence-electron chi connectivity index (χ3n) is 2.99. The number of hydrogen-bond acceptors (Lipinski definition) is 7. The zero-order chi connectivity index (χ0) is 15.3. The first-order valence-corrected chi connectivity index (χ1v) is 6.27. The van der Waals surface area contributed by atoms with Crippen molar-refractivity contribution in [2.75, 3.05) is 32.8 Å². The van der Waals surface area contributed by atoms with E-state index >= 15 is 0 Å². The van der Waals surface area contributed by atoms with Gasteiger partial charge in [0.1, 0.15) is 18.0 Å². The number of morpholine rings is 1. The highest BCUT2D eigenvalue weighted by atomic mass is 16.6. The third-order valence-corrected chi connectivity index (χ3v) is 2.99. The molecule has 21 heavy (non-hydrogen) atoms. The first-order chi connectivity index (χ1) is 9.98. The summed E-state index contributed by atoms with van der Waals surface area (Å²) >= 11 is 0. The van der Waals surface area contributed by atoms with Crippen LogP contribution in [-0.2, 0) is 9.53 Å². The zero-order valence-corrected chi connectivity index (χ0v) is 11.2. The molecule has 10 heteroatoms. The van der Waals surface area contributed by atoms with Crippen molar-refractivity contribution in [3.05, 3.63) is 28.0 Å². The quantitative estimate of drug-likeness (QED) is 0.244. The number of quaternary nitrogens is 1. The molecule has 2 rings (SSSR count). The van der Waals surface area contributed by atoms with Gasteiger partial charge in [-0.1, -0.05) is 0 Å². The Hall–Kier alpha value is -2.30. The van der Waals surface area contributed by atoms with Crippen LogP contribution >= 0.6 is 0 Å². The van der Waals surface area contributed by atoms with Crippen LogP contribution in [0, 0.1) is 10.1 Å². The summed E-state index contributed by atoms with van der Waals surface area (Å²) in [6, 6.07) is 2.59. The Balaban J connectivity index is 1.82. The summed E-state index contributed by atoms with van der Waals surface area (Å²) in [5.74, 6) is 5.47. The van der Waals surface area contributed by atoms with Gasteiger partial charge in [0.2, 0.25) is 0 Å². The molecule has 1 saturated heterocycles. The summed E-state index contributed by atoms with van der Waals surface area (Å²) in [4.78, 5) is 21.5. The number of nitrogens with two attached hydrogens (primary N) is 1. The molecule has 0 aliphatic carbocycles. The van der Waals surface area contributed by atoms with Crippen LogP contribution in [0.25, 0.3) is 0 Å². The van der Waals surface area contributed by atoms with Crippen molar-refractivity contribution >= 4 is 18.0 Å². The van der Waals surface area contributed by atoms with Crippen LogP contribution in [0.15, 0.2) is 21.7 Å². The van der Waals surface area contributed by atoms with E-state index in [2.05, 4.69) is 10.5 Å². The smallest absolute Gasteiger partial charge is 0.400 e. The SMILES string of the molecule is N[N+]1(CC(=O)NN=Cc2ccc([N+](=O)[O-])o2)CCOCC1. The number of amides is 1. The lowest BCUT2D eigenvalue weighted by atomic mass is 10.4. The number of carbonyl (C=O) groups is 1. The van der Waals surface area contributed by atoms with E-state index in [0.29, 0.717) is 26.3 Å². The second-order valence-electron chi connectivity index (χ2n) is 4.66. The van der Waals surface area contributed by atoms with E-state index in [1.165, 1.54) is 18.3 Å². The predicted octanol–water partition coefficient (Wildman–Crippen LogP) is -0.641. The van der Waals surface area contributed by atoms with Crippen LogP contribution in [0.5, 0.6) is 0 Å². The standard InChI is InChI=1S/C11H15N5O5/c12-16(3-5-20-6-4-16)8-10(17)14-13-7-9-1-2-11(21-9)15(18)19/h1-2,7H,3-6,8,12H2/p+1. The summed E-state index contributed by atoms with van der Waals surface area (Å²) in [5.41, 5.74) is 2.31. The van der Waals surface area contributed by atoms with Crippen molar-refractivity contribution in [2.24, 2.45) is 10.9 Å². The maximum atomic E-state index is 11.7. The van der Waals surface area contributed by atoms with Crippen LogP contribution < -0.4 is 11.3 Å². The minimum atomic E-state index is -0.656. The largest absolute Gasteiger partial charge is 0.433 e. The molecule has 0 saturated carbocycles. The molecule has 0 aromatic carbocycles. The monoisotopic (exact) mass is 298 g/mol. The van der Waals surface area contributed by atoms with E-state index in [9.17, 15) is 14.9 Å². The van der Waals surface area contributed by atoms with Gasteiger partial charge in [-0.25, -0.2) is 10.0 Å². The van der Waals surface area contributed by atoms with Crippen LogP contribution in [-0.4, -0.2) is 54.5 Å². The van der Waals surface area contributed by atoms with Crippen LogP contribution in [0.3, 0.4) is 0 Å². The van der Waals surface area contributed by atoms with Gasteiger partial charge in [-0.3, -0.25) is 14.9 Å².